The second-order valence-corrected chi connectivity index (χ2v) is 7.33. The van der Waals surface area contributed by atoms with Crippen molar-refractivity contribution in [2.75, 3.05) is 50.8 Å². The van der Waals surface area contributed by atoms with E-state index in [0.717, 1.165) is 56.1 Å². The molecule has 0 radical (unpaired) electrons. The summed E-state index contributed by atoms with van der Waals surface area (Å²) in [4.78, 5) is 18.0. The maximum atomic E-state index is 6.05. The number of pyridine rings is 1. The first-order chi connectivity index (χ1) is 13.7. The molecule has 0 unspecified atom stereocenters. The first kappa shape index (κ1) is 23.9. The minimum atomic E-state index is 0. The highest BCUT2D eigenvalue weighted by molar-refractivity contribution is 14.0. The second-order valence-electron chi connectivity index (χ2n) is 6.20. The van der Waals surface area contributed by atoms with E-state index in [9.17, 15) is 0 Å². The minimum Gasteiger partial charge on any atom is -0.475 e. The molecule has 1 aliphatic heterocycles. The molecule has 0 saturated carbocycles. The van der Waals surface area contributed by atoms with Gasteiger partial charge in [0.25, 0.3) is 0 Å². The number of nitrogens with zero attached hydrogens (tertiary/aromatic N) is 6. The Morgan fingerprint density at radius 2 is 2.10 bits per heavy atom. The molecular weight excluding hydrogens is 525 g/mol. The third-order valence-corrected chi connectivity index (χ3v) is 5.38. The molecule has 2 aromatic heterocycles. The standard InChI is InChI=1S/C18H26ClN7OS.HI/c1-3-15-23-18(28-24-15)26-11-9-25(10-12-26)17(20-4-2)22-8-13-27-16-14(19)6-5-7-21-16;/h5-7H,3-4,8-13H2,1-2H3,(H,20,22);1H. The maximum Gasteiger partial charge on any atom is 0.232 e. The predicted octanol–water partition coefficient (Wildman–Crippen LogP) is 2.93. The molecule has 0 aromatic carbocycles. The lowest BCUT2D eigenvalue weighted by molar-refractivity contribution is 0.313. The van der Waals surface area contributed by atoms with Gasteiger partial charge in [0.05, 0.1) is 6.54 Å². The van der Waals surface area contributed by atoms with Gasteiger partial charge in [0.1, 0.15) is 17.5 Å². The summed E-state index contributed by atoms with van der Waals surface area (Å²) in [7, 11) is 0. The monoisotopic (exact) mass is 551 g/mol. The summed E-state index contributed by atoms with van der Waals surface area (Å²) in [6, 6.07) is 3.54. The number of aromatic nitrogens is 3. The van der Waals surface area contributed by atoms with E-state index in [1.165, 1.54) is 11.5 Å². The Morgan fingerprint density at radius 3 is 2.76 bits per heavy atom. The average molecular weight is 552 g/mol. The van der Waals surface area contributed by atoms with Gasteiger partial charge in [0.2, 0.25) is 11.0 Å². The van der Waals surface area contributed by atoms with Crippen LogP contribution in [0.5, 0.6) is 5.88 Å². The molecule has 1 aliphatic rings. The number of ether oxygens (including phenoxy) is 1. The van der Waals surface area contributed by atoms with E-state index in [-0.39, 0.29) is 24.0 Å². The fourth-order valence-electron chi connectivity index (χ4n) is 2.82. The van der Waals surface area contributed by atoms with Crippen LogP contribution in [-0.2, 0) is 6.42 Å². The molecule has 3 rings (SSSR count). The first-order valence-corrected chi connectivity index (χ1v) is 10.7. The lowest BCUT2D eigenvalue weighted by Gasteiger charge is -2.36. The number of halogens is 2. The largest absolute Gasteiger partial charge is 0.475 e. The molecule has 1 saturated heterocycles. The summed E-state index contributed by atoms with van der Waals surface area (Å²) in [5.74, 6) is 2.27. The number of anilines is 1. The van der Waals surface area contributed by atoms with Crippen LogP contribution in [0.4, 0.5) is 5.13 Å². The van der Waals surface area contributed by atoms with Crippen LogP contribution in [0.15, 0.2) is 23.3 Å². The van der Waals surface area contributed by atoms with E-state index in [2.05, 4.69) is 48.3 Å². The van der Waals surface area contributed by atoms with Gasteiger partial charge in [0, 0.05) is 56.9 Å². The van der Waals surface area contributed by atoms with Crippen LogP contribution in [0.25, 0.3) is 0 Å². The van der Waals surface area contributed by atoms with E-state index < -0.39 is 0 Å². The summed E-state index contributed by atoms with van der Waals surface area (Å²) in [6.45, 7) is 9.52. The summed E-state index contributed by atoms with van der Waals surface area (Å²) < 4.78 is 10.0. The van der Waals surface area contributed by atoms with Crippen molar-refractivity contribution >= 4 is 58.2 Å². The van der Waals surface area contributed by atoms with Crippen LogP contribution < -0.4 is 15.0 Å². The number of rotatable bonds is 7. The van der Waals surface area contributed by atoms with Crippen molar-refractivity contribution < 1.29 is 4.74 Å². The van der Waals surface area contributed by atoms with Crippen molar-refractivity contribution in [1.29, 1.82) is 0 Å². The highest BCUT2D eigenvalue weighted by Gasteiger charge is 2.22. The molecule has 29 heavy (non-hydrogen) atoms. The zero-order valence-corrected chi connectivity index (χ0v) is 20.6. The van der Waals surface area contributed by atoms with Crippen LogP contribution >= 0.6 is 47.1 Å². The molecule has 0 aliphatic carbocycles. The Labute approximate surface area is 197 Å². The fraction of sp³-hybridized carbons (Fsp3) is 0.556. The Kier molecular flexibility index (Phi) is 10.2. The Hall–Kier alpha value is -1.40. The van der Waals surface area contributed by atoms with Gasteiger partial charge in [0.15, 0.2) is 5.96 Å². The highest BCUT2D eigenvalue weighted by atomic mass is 127. The third kappa shape index (κ3) is 6.82. The normalized spacial score (nSPS) is 14.5. The lowest BCUT2D eigenvalue weighted by atomic mass is 10.3. The van der Waals surface area contributed by atoms with E-state index >= 15 is 0 Å². The molecular formula is C18H27ClIN7OS. The molecule has 0 amide bonds. The van der Waals surface area contributed by atoms with Crippen molar-refractivity contribution in [3.05, 3.63) is 29.2 Å². The van der Waals surface area contributed by atoms with Crippen LogP contribution in [0.2, 0.25) is 5.02 Å². The molecule has 3 heterocycles. The van der Waals surface area contributed by atoms with Crippen molar-refractivity contribution in [3.63, 3.8) is 0 Å². The van der Waals surface area contributed by atoms with Gasteiger partial charge in [-0.3, -0.25) is 0 Å². The quantitative estimate of drug-likeness (QED) is 0.245. The number of hydrogen-bond donors (Lipinski definition) is 1. The maximum absolute atomic E-state index is 6.05. The SMILES string of the molecule is CCNC(=NCCOc1ncccc1Cl)N1CCN(c2nc(CC)ns2)CC1.I. The fourth-order valence-corrected chi connectivity index (χ4v) is 3.80. The molecule has 160 valence electrons. The zero-order chi connectivity index (χ0) is 19.8. The molecule has 1 fully saturated rings. The van der Waals surface area contributed by atoms with Gasteiger partial charge < -0.3 is 19.9 Å². The number of hydrogen-bond acceptors (Lipinski definition) is 7. The minimum absolute atomic E-state index is 0. The number of piperazine rings is 1. The number of aliphatic imine (C=N–C) groups is 1. The van der Waals surface area contributed by atoms with Gasteiger partial charge in [-0.2, -0.15) is 4.37 Å². The van der Waals surface area contributed by atoms with E-state index in [1.54, 1.807) is 18.3 Å². The molecule has 11 heteroatoms. The van der Waals surface area contributed by atoms with Crippen LogP contribution in [0, 0.1) is 0 Å². The van der Waals surface area contributed by atoms with E-state index in [1.807, 2.05) is 0 Å². The Bertz CT molecular complexity index is 783. The molecule has 0 atom stereocenters. The number of guanidine groups is 1. The zero-order valence-electron chi connectivity index (χ0n) is 16.7. The van der Waals surface area contributed by atoms with Gasteiger partial charge in [-0.1, -0.05) is 18.5 Å². The van der Waals surface area contributed by atoms with Crippen LogP contribution in [-0.4, -0.2) is 71.1 Å². The van der Waals surface area contributed by atoms with Gasteiger partial charge in [-0.05, 0) is 19.1 Å². The summed E-state index contributed by atoms with van der Waals surface area (Å²) in [5.41, 5.74) is 0. The first-order valence-electron chi connectivity index (χ1n) is 9.55. The van der Waals surface area contributed by atoms with E-state index in [0.29, 0.717) is 24.1 Å². The second kappa shape index (κ2) is 12.3. The molecule has 0 spiro atoms. The third-order valence-electron chi connectivity index (χ3n) is 4.27. The summed E-state index contributed by atoms with van der Waals surface area (Å²) in [6.07, 6.45) is 2.54. The highest BCUT2D eigenvalue weighted by Crippen LogP contribution is 2.20. The van der Waals surface area contributed by atoms with Crippen molar-refractivity contribution in [3.8, 4) is 5.88 Å². The average Bonchev–Trinajstić information content (AvgIpc) is 3.21. The van der Waals surface area contributed by atoms with Gasteiger partial charge in [-0.15, -0.1) is 24.0 Å². The Balaban J connectivity index is 0.00000300. The lowest BCUT2D eigenvalue weighted by Crippen LogP contribution is -2.52. The molecule has 8 nitrogen and oxygen atoms in total. The number of aryl methyl sites for hydroxylation is 1. The van der Waals surface area contributed by atoms with Crippen LogP contribution in [0.1, 0.15) is 19.7 Å². The summed E-state index contributed by atoms with van der Waals surface area (Å²) in [5, 5.41) is 4.89. The van der Waals surface area contributed by atoms with E-state index in [4.69, 9.17) is 16.3 Å². The molecule has 2 aromatic rings. The van der Waals surface area contributed by atoms with Crippen molar-refractivity contribution in [2.45, 2.75) is 20.3 Å². The summed E-state index contributed by atoms with van der Waals surface area (Å²) >= 11 is 7.54. The van der Waals surface area contributed by atoms with Crippen molar-refractivity contribution in [1.82, 2.24) is 24.6 Å². The van der Waals surface area contributed by atoms with Crippen molar-refractivity contribution in [2.24, 2.45) is 4.99 Å². The predicted molar refractivity (Wildman–Crippen MR) is 129 cm³/mol. The topological polar surface area (TPSA) is 78.8 Å². The van der Waals surface area contributed by atoms with Crippen LogP contribution in [0.3, 0.4) is 0 Å². The molecule has 1 N–H and O–H groups in total. The number of nitrogens with one attached hydrogen (secondary N) is 1. The Morgan fingerprint density at radius 1 is 1.31 bits per heavy atom. The van der Waals surface area contributed by atoms with Gasteiger partial charge in [-0.25, -0.2) is 15.0 Å². The van der Waals surface area contributed by atoms with Gasteiger partial charge >= 0.3 is 0 Å². The smallest absolute Gasteiger partial charge is 0.232 e. The molecule has 0 bridgehead atoms.